The van der Waals surface area contributed by atoms with E-state index in [-0.39, 0.29) is 7.12 Å². The molecule has 4 heteroatoms. The van der Waals surface area contributed by atoms with Crippen molar-refractivity contribution in [2.45, 2.75) is 12.8 Å². The maximum atomic E-state index is 5.18. The third-order valence-electron chi connectivity index (χ3n) is 3.64. The summed E-state index contributed by atoms with van der Waals surface area (Å²) < 4.78 is 10.4. The Balaban J connectivity index is 1.73. The first-order chi connectivity index (χ1) is 10.7. The lowest BCUT2D eigenvalue weighted by molar-refractivity contribution is 0.414. The quantitative estimate of drug-likeness (QED) is 0.551. The van der Waals surface area contributed by atoms with Gasteiger partial charge in [-0.3, -0.25) is 0 Å². The number of aryl methyl sites for hydroxylation is 2. The Morgan fingerprint density at radius 1 is 0.727 bits per heavy atom. The Bertz CT molecular complexity index is 503. The van der Waals surface area contributed by atoms with Gasteiger partial charge in [0, 0.05) is 0 Å². The molecular weight excluding hydrogens is 311 g/mol. The van der Waals surface area contributed by atoms with Crippen molar-refractivity contribution in [1.82, 2.24) is 0 Å². The molecule has 0 N–H and O–H groups in total. The van der Waals surface area contributed by atoms with Crippen molar-refractivity contribution in [2.24, 2.45) is 0 Å². The van der Waals surface area contributed by atoms with Crippen LogP contribution in [0.4, 0.5) is 0 Å². The van der Waals surface area contributed by atoms with Crippen molar-refractivity contribution >= 4 is 19.4 Å². The van der Waals surface area contributed by atoms with Crippen molar-refractivity contribution in [2.75, 3.05) is 26.5 Å². The van der Waals surface area contributed by atoms with Crippen LogP contribution in [0.15, 0.2) is 48.5 Å². The van der Waals surface area contributed by atoms with Gasteiger partial charge in [0.2, 0.25) is 0 Å². The molecular formula is C18H23O2PS. The summed E-state index contributed by atoms with van der Waals surface area (Å²) in [6.07, 6.45) is 4.48. The predicted octanol–water partition coefficient (Wildman–Crippen LogP) is 4.82. The molecule has 0 fully saturated rings. The van der Waals surface area contributed by atoms with Crippen LogP contribution in [-0.2, 0) is 12.8 Å². The fourth-order valence-corrected chi connectivity index (χ4v) is 4.07. The normalized spacial score (nSPS) is 10.7. The highest BCUT2D eigenvalue weighted by Gasteiger charge is 2.05. The Morgan fingerprint density at radius 3 is 1.41 bits per heavy atom. The number of hydrogen-bond acceptors (Lipinski definition) is 3. The third kappa shape index (κ3) is 5.55. The minimum Gasteiger partial charge on any atom is -0.497 e. The zero-order chi connectivity index (χ0) is 15.8. The highest BCUT2D eigenvalue weighted by atomic mass is 32.7. The number of benzene rings is 2. The van der Waals surface area contributed by atoms with E-state index in [1.54, 1.807) is 14.2 Å². The first-order valence-corrected chi connectivity index (χ1v) is 10.3. The van der Waals surface area contributed by atoms with E-state index in [4.69, 9.17) is 21.7 Å². The van der Waals surface area contributed by atoms with Gasteiger partial charge in [-0.15, -0.1) is 0 Å². The topological polar surface area (TPSA) is 18.5 Å². The van der Waals surface area contributed by atoms with Gasteiger partial charge in [0.05, 0.1) is 14.2 Å². The molecule has 22 heavy (non-hydrogen) atoms. The largest absolute Gasteiger partial charge is 0.497 e. The molecule has 0 saturated carbocycles. The van der Waals surface area contributed by atoms with Gasteiger partial charge in [-0.1, -0.05) is 24.3 Å². The van der Waals surface area contributed by atoms with Gasteiger partial charge in [0.15, 0.2) is 0 Å². The number of thiol groups is 1. The summed E-state index contributed by atoms with van der Waals surface area (Å²) in [4.78, 5) is 0. The van der Waals surface area contributed by atoms with Gasteiger partial charge in [0.25, 0.3) is 0 Å². The zero-order valence-corrected chi connectivity index (χ0v) is 14.9. The molecule has 2 nitrogen and oxygen atoms in total. The molecule has 0 saturated heterocycles. The summed E-state index contributed by atoms with van der Waals surface area (Å²) in [6.45, 7) is 0. The van der Waals surface area contributed by atoms with E-state index in [1.165, 1.54) is 11.1 Å². The standard InChI is InChI=1S/C18H23O2PS/c1-19-17-7-3-15(4-8-17)11-13-21(22)14-12-16-5-9-18(20-2)10-6-16/h3-10,22H,11-14H2,1-2H3. The van der Waals surface area contributed by atoms with E-state index in [0.717, 1.165) is 36.7 Å². The number of ether oxygens (including phenoxy) is 2. The van der Waals surface area contributed by atoms with E-state index in [9.17, 15) is 0 Å². The molecule has 0 aliphatic heterocycles. The van der Waals surface area contributed by atoms with Crippen LogP contribution in [0.5, 0.6) is 11.5 Å². The highest BCUT2D eigenvalue weighted by Crippen LogP contribution is 2.41. The summed E-state index contributed by atoms with van der Waals surface area (Å²) in [6, 6.07) is 16.6. The molecule has 2 aromatic carbocycles. The van der Waals surface area contributed by atoms with Crippen molar-refractivity contribution in [3.8, 4) is 11.5 Å². The second kappa shape index (κ2) is 9.07. The zero-order valence-electron chi connectivity index (χ0n) is 13.2. The number of methoxy groups -OCH3 is 2. The first kappa shape index (κ1) is 17.2. The van der Waals surface area contributed by atoms with Crippen LogP contribution in [0.3, 0.4) is 0 Å². The second-order valence-electron chi connectivity index (χ2n) is 5.15. The summed E-state index contributed by atoms with van der Waals surface area (Å²) in [5, 5.41) is 0. The van der Waals surface area contributed by atoms with E-state index in [2.05, 4.69) is 24.3 Å². The minimum atomic E-state index is -0.219. The van der Waals surface area contributed by atoms with Crippen molar-refractivity contribution in [3.05, 3.63) is 59.7 Å². The minimum absolute atomic E-state index is 0.219. The van der Waals surface area contributed by atoms with Crippen molar-refractivity contribution in [3.63, 3.8) is 0 Å². The SMILES string of the molecule is COc1ccc(CCP(S)CCc2ccc(OC)cc2)cc1. The molecule has 2 rings (SSSR count). The molecule has 0 aliphatic rings. The predicted molar refractivity (Wildman–Crippen MR) is 99.0 cm³/mol. The molecule has 0 aliphatic carbocycles. The average molecular weight is 334 g/mol. The molecule has 118 valence electrons. The average Bonchev–Trinajstić information content (AvgIpc) is 2.59. The molecule has 0 aromatic heterocycles. The van der Waals surface area contributed by atoms with Crippen LogP contribution in [0, 0.1) is 0 Å². The fraction of sp³-hybridized carbons (Fsp3) is 0.333. The second-order valence-corrected chi connectivity index (χ2v) is 8.75. The fourth-order valence-electron chi connectivity index (χ4n) is 2.21. The van der Waals surface area contributed by atoms with Gasteiger partial charge in [-0.25, -0.2) is 0 Å². The molecule has 0 spiro atoms. The van der Waals surface area contributed by atoms with Gasteiger partial charge < -0.3 is 9.47 Å². The van der Waals surface area contributed by atoms with Crippen LogP contribution in [0.1, 0.15) is 11.1 Å². The molecule has 0 heterocycles. The van der Waals surface area contributed by atoms with E-state index in [1.807, 2.05) is 24.3 Å². The van der Waals surface area contributed by atoms with Crippen molar-refractivity contribution in [1.29, 1.82) is 0 Å². The monoisotopic (exact) mass is 334 g/mol. The Hall–Kier alpha value is -1.18. The van der Waals surface area contributed by atoms with E-state index in [0.29, 0.717) is 0 Å². The molecule has 0 bridgehead atoms. The smallest absolute Gasteiger partial charge is 0.118 e. The third-order valence-corrected chi connectivity index (χ3v) is 6.31. The number of rotatable bonds is 8. The lowest BCUT2D eigenvalue weighted by Gasteiger charge is -2.11. The van der Waals surface area contributed by atoms with Gasteiger partial charge >= 0.3 is 0 Å². The Kier molecular flexibility index (Phi) is 7.08. The first-order valence-electron chi connectivity index (χ1n) is 7.41. The molecule has 0 radical (unpaired) electrons. The Morgan fingerprint density at radius 2 is 1.09 bits per heavy atom. The maximum Gasteiger partial charge on any atom is 0.118 e. The van der Waals surface area contributed by atoms with Gasteiger partial charge in [-0.05, 0) is 67.7 Å². The Labute approximate surface area is 139 Å². The van der Waals surface area contributed by atoms with E-state index < -0.39 is 0 Å². The molecule has 0 unspecified atom stereocenters. The van der Waals surface area contributed by atoms with Gasteiger partial charge in [-0.2, -0.15) is 12.2 Å². The van der Waals surface area contributed by atoms with Crippen LogP contribution in [-0.4, -0.2) is 26.5 Å². The molecule has 0 amide bonds. The molecule has 0 atom stereocenters. The lowest BCUT2D eigenvalue weighted by atomic mass is 10.2. The summed E-state index contributed by atoms with van der Waals surface area (Å²) in [5.74, 6) is 1.83. The van der Waals surface area contributed by atoms with Crippen LogP contribution >= 0.6 is 19.4 Å². The molecule has 2 aromatic rings. The lowest BCUT2D eigenvalue weighted by Crippen LogP contribution is -1.95. The van der Waals surface area contributed by atoms with Crippen LogP contribution < -0.4 is 9.47 Å². The van der Waals surface area contributed by atoms with Crippen LogP contribution in [0.2, 0.25) is 0 Å². The summed E-state index contributed by atoms with van der Waals surface area (Å²) >= 11 is 4.78. The van der Waals surface area contributed by atoms with E-state index >= 15 is 0 Å². The summed E-state index contributed by atoms with van der Waals surface area (Å²) in [5.41, 5.74) is 2.71. The highest BCUT2D eigenvalue weighted by molar-refractivity contribution is 8.45. The van der Waals surface area contributed by atoms with Crippen molar-refractivity contribution < 1.29 is 9.47 Å². The number of hydrogen-bond donors (Lipinski definition) is 1. The van der Waals surface area contributed by atoms with Crippen LogP contribution in [0.25, 0.3) is 0 Å². The maximum absolute atomic E-state index is 5.18. The van der Waals surface area contributed by atoms with Gasteiger partial charge in [0.1, 0.15) is 11.5 Å². The summed E-state index contributed by atoms with van der Waals surface area (Å²) in [7, 11) is 3.17.